The van der Waals surface area contributed by atoms with Gasteiger partial charge in [-0.15, -0.1) is 0 Å². The molecule has 0 aliphatic carbocycles. The van der Waals surface area contributed by atoms with Gasteiger partial charge in [0.2, 0.25) is 0 Å². The number of halogens is 3. The third-order valence-electron chi connectivity index (χ3n) is 3.08. The fraction of sp³-hybridized carbons (Fsp3) is 0.583. The summed E-state index contributed by atoms with van der Waals surface area (Å²) in [7, 11) is 0. The van der Waals surface area contributed by atoms with Gasteiger partial charge in [-0.3, -0.25) is 4.79 Å². The standard InChI is InChI=1S/C12H15F3N2O2/c13-12(14,15)8-17-6-2-4-10(17)11(19)16-5-1-3-9(18)7-16/h2,4,6,9,18H,1,3,5,7-8H2/t9-/m0/s1. The van der Waals surface area contributed by atoms with Crippen LogP contribution in [-0.2, 0) is 6.54 Å². The van der Waals surface area contributed by atoms with E-state index in [9.17, 15) is 23.1 Å². The first-order chi connectivity index (χ1) is 8.87. The Bertz CT molecular complexity index is 456. The van der Waals surface area contributed by atoms with Crippen LogP contribution in [0.5, 0.6) is 0 Å². The molecule has 2 heterocycles. The van der Waals surface area contributed by atoms with Crippen LogP contribution in [0.25, 0.3) is 0 Å². The molecule has 106 valence electrons. The second-order valence-electron chi connectivity index (χ2n) is 4.68. The normalized spacial score (nSPS) is 20.6. The first-order valence-electron chi connectivity index (χ1n) is 6.06. The van der Waals surface area contributed by atoms with E-state index in [1.54, 1.807) is 0 Å². The largest absolute Gasteiger partial charge is 0.406 e. The maximum Gasteiger partial charge on any atom is 0.406 e. The van der Waals surface area contributed by atoms with Gasteiger partial charge in [0.15, 0.2) is 0 Å². The number of amides is 1. The summed E-state index contributed by atoms with van der Waals surface area (Å²) in [4.78, 5) is 13.5. The summed E-state index contributed by atoms with van der Waals surface area (Å²) in [6.07, 6.45) is -2.44. The first kappa shape index (κ1) is 13.9. The number of nitrogens with zero attached hydrogens (tertiary/aromatic N) is 2. The molecule has 1 atom stereocenters. The molecule has 1 aliphatic rings. The van der Waals surface area contributed by atoms with Gasteiger partial charge in [0, 0.05) is 19.3 Å². The lowest BCUT2D eigenvalue weighted by Gasteiger charge is -2.30. The van der Waals surface area contributed by atoms with Crippen molar-refractivity contribution in [2.45, 2.75) is 31.7 Å². The zero-order chi connectivity index (χ0) is 14.0. The fourth-order valence-corrected chi connectivity index (χ4v) is 2.24. The predicted octanol–water partition coefficient (Wildman–Crippen LogP) is 1.65. The minimum absolute atomic E-state index is 0.00595. The maximum absolute atomic E-state index is 12.4. The van der Waals surface area contributed by atoms with Gasteiger partial charge in [-0.1, -0.05) is 0 Å². The van der Waals surface area contributed by atoms with Gasteiger partial charge in [0.25, 0.3) is 5.91 Å². The third-order valence-corrected chi connectivity index (χ3v) is 3.08. The molecular formula is C12H15F3N2O2. The molecule has 0 radical (unpaired) electrons. The summed E-state index contributed by atoms with van der Waals surface area (Å²) in [6, 6.07) is 2.79. The lowest BCUT2D eigenvalue weighted by atomic mass is 10.1. The number of piperidine rings is 1. The highest BCUT2D eigenvalue weighted by atomic mass is 19.4. The Hall–Kier alpha value is -1.50. The van der Waals surface area contributed by atoms with E-state index in [2.05, 4.69) is 0 Å². The molecule has 1 N–H and O–H groups in total. The summed E-state index contributed by atoms with van der Waals surface area (Å²) in [5.74, 6) is -0.465. The molecule has 1 aromatic heterocycles. The molecule has 7 heteroatoms. The Kier molecular flexibility index (Phi) is 3.84. The second-order valence-corrected chi connectivity index (χ2v) is 4.68. The van der Waals surface area contributed by atoms with Crippen molar-refractivity contribution in [1.82, 2.24) is 9.47 Å². The van der Waals surface area contributed by atoms with Crippen molar-refractivity contribution in [3.8, 4) is 0 Å². The topological polar surface area (TPSA) is 45.5 Å². The number of likely N-dealkylation sites (tertiary alicyclic amines) is 1. The van der Waals surface area contributed by atoms with Gasteiger partial charge in [-0.05, 0) is 25.0 Å². The molecule has 1 fully saturated rings. The van der Waals surface area contributed by atoms with Crippen LogP contribution in [0.15, 0.2) is 18.3 Å². The Labute approximate surface area is 108 Å². The molecule has 1 saturated heterocycles. The number of rotatable bonds is 2. The van der Waals surface area contributed by atoms with E-state index in [-0.39, 0.29) is 12.2 Å². The van der Waals surface area contributed by atoms with Gasteiger partial charge in [0.1, 0.15) is 12.2 Å². The van der Waals surface area contributed by atoms with Gasteiger partial charge in [-0.25, -0.2) is 0 Å². The minimum Gasteiger partial charge on any atom is -0.391 e. The molecule has 0 aromatic carbocycles. The molecule has 1 aromatic rings. The molecule has 4 nitrogen and oxygen atoms in total. The summed E-state index contributed by atoms with van der Waals surface area (Å²) in [5.41, 5.74) is 0.00595. The molecule has 0 bridgehead atoms. The molecule has 1 amide bonds. The maximum atomic E-state index is 12.4. The monoisotopic (exact) mass is 276 g/mol. The van der Waals surface area contributed by atoms with Gasteiger partial charge < -0.3 is 14.6 Å². The van der Waals surface area contributed by atoms with Crippen LogP contribution in [0.4, 0.5) is 13.2 Å². The smallest absolute Gasteiger partial charge is 0.391 e. The quantitative estimate of drug-likeness (QED) is 0.892. The molecule has 2 rings (SSSR count). The van der Waals surface area contributed by atoms with Crippen molar-refractivity contribution in [2.24, 2.45) is 0 Å². The number of hydrogen-bond acceptors (Lipinski definition) is 2. The number of alkyl halides is 3. The third kappa shape index (κ3) is 3.50. The highest BCUT2D eigenvalue weighted by Crippen LogP contribution is 2.20. The second kappa shape index (κ2) is 5.24. The Balaban J connectivity index is 2.13. The van der Waals surface area contributed by atoms with Crippen LogP contribution in [0.3, 0.4) is 0 Å². The molecule has 0 saturated carbocycles. The van der Waals surface area contributed by atoms with E-state index in [1.165, 1.54) is 23.2 Å². The van der Waals surface area contributed by atoms with Crippen LogP contribution in [0.1, 0.15) is 23.3 Å². The van der Waals surface area contributed by atoms with E-state index in [1.807, 2.05) is 0 Å². The summed E-state index contributed by atoms with van der Waals surface area (Å²) in [6.45, 7) is -0.541. The number of carbonyl (C=O) groups excluding carboxylic acids is 1. The van der Waals surface area contributed by atoms with Crippen molar-refractivity contribution in [3.05, 3.63) is 24.0 Å². The van der Waals surface area contributed by atoms with Crippen molar-refractivity contribution in [2.75, 3.05) is 13.1 Å². The Morgan fingerprint density at radius 2 is 2.21 bits per heavy atom. The molecule has 0 unspecified atom stereocenters. The average Bonchev–Trinajstić information content (AvgIpc) is 2.73. The highest BCUT2D eigenvalue weighted by Gasteiger charge is 2.31. The summed E-state index contributed by atoms with van der Waals surface area (Å²) >= 11 is 0. The number of aliphatic hydroxyl groups is 1. The molecule has 19 heavy (non-hydrogen) atoms. The van der Waals surface area contributed by atoms with Gasteiger partial charge in [-0.2, -0.15) is 13.2 Å². The van der Waals surface area contributed by atoms with E-state index < -0.39 is 24.7 Å². The Morgan fingerprint density at radius 3 is 2.84 bits per heavy atom. The van der Waals surface area contributed by atoms with E-state index in [0.29, 0.717) is 19.4 Å². The van der Waals surface area contributed by atoms with E-state index >= 15 is 0 Å². The number of hydrogen-bond donors (Lipinski definition) is 1. The first-order valence-corrected chi connectivity index (χ1v) is 6.06. The van der Waals surface area contributed by atoms with E-state index in [0.717, 1.165) is 4.57 Å². The molecule has 1 aliphatic heterocycles. The zero-order valence-corrected chi connectivity index (χ0v) is 10.2. The number of β-amino-alcohol motifs (C(OH)–C–C–N with tert-alkyl or cyclic N) is 1. The van der Waals surface area contributed by atoms with Crippen molar-refractivity contribution < 1.29 is 23.1 Å². The van der Waals surface area contributed by atoms with Crippen LogP contribution in [0.2, 0.25) is 0 Å². The van der Waals surface area contributed by atoms with Crippen molar-refractivity contribution in [3.63, 3.8) is 0 Å². The zero-order valence-electron chi connectivity index (χ0n) is 10.2. The minimum atomic E-state index is -4.37. The fourth-order valence-electron chi connectivity index (χ4n) is 2.24. The summed E-state index contributed by atoms with van der Waals surface area (Å²) in [5, 5.41) is 9.50. The van der Waals surface area contributed by atoms with Crippen molar-refractivity contribution >= 4 is 5.91 Å². The molecule has 0 spiro atoms. The Morgan fingerprint density at radius 1 is 1.47 bits per heavy atom. The summed E-state index contributed by atoms with van der Waals surface area (Å²) < 4.78 is 38.0. The average molecular weight is 276 g/mol. The molecular weight excluding hydrogens is 261 g/mol. The predicted molar refractivity (Wildman–Crippen MR) is 61.6 cm³/mol. The SMILES string of the molecule is O=C(c1cccn1CC(F)(F)F)N1CCC[C@H](O)C1. The van der Waals surface area contributed by atoms with Crippen LogP contribution < -0.4 is 0 Å². The lowest BCUT2D eigenvalue weighted by Crippen LogP contribution is -2.43. The highest BCUT2D eigenvalue weighted by molar-refractivity contribution is 5.92. The van der Waals surface area contributed by atoms with Crippen molar-refractivity contribution in [1.29, 1.82) is 0 Å². The van der Waals surface area contributed by atoms with E-state index in [4.69, 9.17) is 0 Å². The number of aliphatic hydroxyl groups excluding tert-OH is 1. The number of carbonyl (C=O) groups is 1. The lowest BCUT2D eigenvalue weighted by molar-refractivity contribution is -0.140. The van der Waals surface area contributed by atoms with Gasteiger partial charge >= 0.3 is 6.18 Å². The van der Waals surface area contributed by atoms with Crippen LogP contribution >= 0.6 is 0 Å². The van der Waals surface area contributed by atoms with Gasteiger partial charge in [0.05, 0.1) is 6.10 Å². The van der Waals surface area contributed by atoms with Crippen LogP contribution in [-0.4, -0.2) is 45.9 Å². The number of aromatic nitrogens is 1. The van der Waals surface area contributed by atoms with Crippen LogP contribution in [0, 0.1) is 0 Å².